The van der Waals surface area contributed by atoms with Gasteiger partial charge in [0.25, 0.3) is 0 Å². The van der Waals surface area contributed by atoms with Crippen molar-refractivity contribution in [1.82, 2.24) is 4.72 Å². The van der Waals surface area contributed by atoms with Gasteiger partial charge in [-0.25, -0.2) is 4.39 Å². The van der Waals surface area contributed by atoms with E-state index in [9.17, 15) is 4.39 Å². The molecule has 126 valence electrons. The second kappa shape index (κ2) is 6.75. The average molecular weight is 383 g/mol. The van der Waals surface area contributed by atoms with E-state index in [1.807, 2.05) is 18.2 Å². The predicted octanol–water partition coefficient (Wildman–Crippen LogP) is 5.45. The van der Waals surface area contributed by atoms with Crippen LogP contribution >= 0.6 is 35.1 Å². The molecule has 1 fully saturated rings. The first-order valence-electron chi connectivity index (χ1n) is 8.04. The Bertz CT molecular complexity index is 780. The van der Waals surface area contributed by atoms with Crippen LogP contribution in [0.2, 0.25) is 10.0 Å². The zero-order chi connectivity index (χ0) is 16.7. The van der Waals surface area contributed by atoms with Crippen molar-refractivity contribution in [1.29, 1.82) is 0 Å². The van der Waals surface area contributed by atoms with Gasteiger partial charge in [0.05, 0.1) is 4.90 Å². The van der Waals surface area contributed by atoms with Gasteiger partial charge in [0, 0.05) is 34.9 Å². The Balaban J connectivity index is 1.52. The molecular formula is C18H17Cl2FN2S. The summed E-state index contributed by atoms with van der Waals surface area (Å²) in [7, 11) is 0. The van der Waals surface area contributed by atoms with Crippen LogP contribution in [0.5, 0.6) is 0 Å². The number of anilines is 1. The molecule has 1 saturated carbocycles. The lowest BCUT2D eigenvalue weighted by molar-refractivity contribution is 0.598. The number of nitrogens with one attached hydrogen (secondary N) is 1. The summed E-state index contributed by atoms with van der Waals surface area (Å²) in [4.78, 5) is 2.78. The summed E-state index contributed by atoms with van der Waals surface area (Å²) in [5.74, 6) is -0.219. The average Bonchev–Trinajstić information content (AvgIpc) is 3.30. The Morgan fingerprint density at radius 1 is 1.21 bits per heavy atom. The molecule has 6 heteroatoms. The van der Waals surface area contributed by atoms with E-state index in [0.29, 0.717) is 22.5 Å². The Morgan fingerprint density at radius 3 is 2.83 bits per heavy atom. The van der Waals surface area contributed by atoms with E-state index >= 15 is 0 Å². The number of benzene rings is 2. The lowest BCUT2D eigenvalue weighted by Crippen LogP contribution is -2.20. The van der Waals surface area contributed by atoms with E-state index < -0.39 is 0 Å². The van der Waals surface area contributed by atoms with Gasteiger partial charge in [-0.2, -0.15) is 0 Å². The van der Waals surface area contributed by atoms with Crippen molar-refractivity contribution in [3.05, 3.63) is 57.3 Å². The van der Waals surface area contributed by atoms with Crippen molar-refractivity contribution in [2.24, 2.45) is 0 Å². The third kappa shape index (κ3) is 3.52. The molecule has 0 atom stereocenters. The zero-order valence-electron chi connectivity index (χ0n) is 13.0. The smallest absolute Gasteiger partial charge is 0.138 e. The molecule has 2 aromatic rings. The standard InChI is InChI=1S/C18H17Cl2FN2S/c19-13-1-4-17-11(7-13)5-6-23(17)10-12-8-16(21)18(9-15(12)20)24-22-14-2-3-14/h1,4,7-9,14,22H,2-3,5-6,10H2. The Hall–Kier alpha value is -0.940. The normalized spacial score (nSPS) is 16.5. The molecule has 1 aliphatic heterocycles. The molecule has 2 nitrogen and oxygen atoms in total. The molecule has 4 rings (SSSR count). The molecule has 0 radical (unpaired) electrons. The summed E-state index contributed by atoms with van der Waals surface area (Å²) >= 11 is 13.8. The topological polar surface area (TPSA) is 15.3 Å². The van der Waals surface area contributed by atoms with Crippen LogP contribution in [-0.4, -0.2) is 12.6 Å². The molecule has 24 heavy (non-hydrogen) atoms. The van der Waals surface area contributed by atoms with Crippen molar-refractivity contribution in [3.8, 4) is 0 Å². The summed E-state index contributed by atoms with van der Waals surface area (Å²) in [6.45, 7) is 1.50. The molecule has 1 aliphatic carbocycles. The molecular weight excluding hydrogens is 366 g/mol. The van der Waals surface area contributed by atoms with Crippen molar-refractivity contribution in [3.63, 3.8) is 0 Å². The molecule has 0 bridgehead atoms. The van der Waals surface area contributed by atoms with E-state index in [0.717, 1.165) is 29.2 Å². The van der Waals surface area contributed by atoms with Crippen LogP contribution in [0.1, 0.15) is 24.0 Å². The van der Waals surface area contributed by atoms with Crippen molar-refractivity contribution in [2.45, 2.75) is 36.7 Å². The molecule has 0 aromatic heterocycles. The number of rotatable bonds is 5. The minimum absolute atomic E-state index is 0.219. The third-order valence-corrected chi connectivity index (χ3v) is 5.98. The maximum Gasteiger partial charge on any atom is 0.138 e. The Morgan fingerprint density at radius 2 is 2.04 bits per heavy atom. The first-order valence-corrected chi connectivity index (χ1v) is 9.61. The number of hydrogen-bond donors (Lipinski definition) is 1. The van der Waals surface area contributed by atoms with E-state index in [2.05, 4.69) is 9.62 Å². The largest absolute Gasteiger partial charge is 0.367 e. The fourth-order valence-electron chi connectivity index (χ4n) is 2.93. The van der Waals surface area contributed by atoms with Crippen LogP contribution in [0.15, 0.2) is 35.2 Å². The van der Waals surface area contributed by atoms with Crippen LogP contribution in [0, 0.1) is 5.82 Å². The molecule has 0 spiro atoms. The van der Waals surface area contributed by atoms with E-state index in [1.54, 1.807) is 12.1 Å². The van der Waals surface area contributed by atoms with Gasteiger partial charge in [0.2, 0.25) is 0 Å². The summed E-state index contributed by atoms with van der Waals surface area (Å²) in [6.07, 6.45) is 3.28. The maximum atomic E-state index is 14.4. The summed E-state index contributed by atoms with van der Waals surface area (Å²) in [5.41, 5.74) is 3.21. The lowest BCUT2D eigenvalue weighted by Gasteiger charge is -2.20. The van der Waals surface area contributed by atoms with Crippen LogP contribution in [0.4, 0.5) is 10.1 Å². The minimum atomic E-state index is -0.219. The van der Waals surface area contributed by atoms with Gasteiger partial charge < -0.3 is 4.90 Å². The summed E-state index contributed by atoms with van der Waals surface area (Å²) in [5, 5.41) is 1.36. The Kier molecular flexibility index (Phi) is 4.65. The summed E-state index contributed by atoms with van der Waals surface area (Å²) < 4.78 is 17.6. The zero-order valence-corrected chi connectivity index (χ0v) is 15.3. The molecule has 0 unspecified atom stereocenters. The molecule has 0 amide bonds. The number of hydrogen-bond acceptors (Lipinski definition) is 3. The van der Waals surface area contributed by atoms with Gasteiger partial charge >= 0.3 is 0 Å². The van der Waals surface area contributed by atoms with E-state index in [1.165, 1.54) is 30.4 Å². The monoisotopic (exact) mass is 382 g/mol. The lowest BCUT2D eigenvalue weighted by atomic mass is 10.1. The highest BCUT2D eigenvalue weighted by Crippen LogP contribution is 2.34. The predicted molar refractivity (Wildman–Crippen MR) is 99.6 cm³/mol. The first-order chi connectivity index (χ1) is 11.6. The van der Waals surface area contributed by atoms with E-state index in [-0.39, 0.29) is 5.82 Å². The first kappa shape index (κ1) is 16.5. The Labute approximate surface area is 155 Å². The SMILES string of the molecule is Fc1cc(CN2CCc3cc(Cl)ccc32)c(Cl)cc1SNC1CC1. The fourth-order valence-corrected chi connectivity index (χ4v) is 4.27. The number of fused-ring (bicyclic) bond motifs is 1. The second-order valence-electron chi connectivity index (χ2n) is 6.31. The minimum Gasteiger partial charge on any atom is -0.367 e. The maximum absolute atomic E-state index is 14.4. The highest BCUT2D eigenvalue weighted by atomic mass is 35.5. The van der Waals surface area contributed by atoms with Crippen LogP contribution in [0.3, 0.4) is 0 Å². The molecule has 1 N–H and O–H groups in total. The molecule has 1 heterocycles. The second-order valence-corrected chi connectivity index (χ2v) is 8.04. The van der Waals surface area contributed by atoms with Crippen LogP contribution in [-0.2, 0) is 13.0 Å². The van der Waals surface area contributed by atoms with Crippen molar-refractivity contribution < 1.29 is 4.39 Å². The van der Waals surface area contributed by atoms with Crippen LogP contribution < -0.4 is 9.62 Å². The van der Waals surface area contributed by atoms with Gasteiger partial charge in [-0.1, -0.05) is 23.2 Å². The quantitative estimate of drug-likeness (QED) is 0.691. The van der Waals surface area contributed by atoms with Crippen molar-refractivity contribution >= 4 is 40.8 Å². The van der Waals surface area contributed by atoms with Gasteiger partial charge in [-0.15, -0.1) is 0 Å². The van der Waals surface area contributed by atoms with E-state index in [4.69, 9.17) is 23.2 Å². The van der Waals surface area contributed by atoms with Crippen molar-refractivity contribution in [2.75, 3.05) is 11.4 Å². The molecule has 2 aromatic carbocycles. The molecule has 0 saturated heterocycles. The number of nitrogens with zero attached hydrogens (tertiary/aromatic N) is 1. The highest BCUT2D eigenvalue weighted by molar-refractivity contribution is 7.97. The highest BCUT2D eigenvalue weighted by Gasteiger charge is 2.23. The van der Waals surface area contributed by atoms with Gasteiger partial charge in [0.15, 0.2) is 0 Å². The summed E-state index contributed by atoms with van der Waals surface area (Å²) in [6, 6.07) is 9.73. The van der Waals surface area contributed by atoms with Crippen LogP contribution in [0.25, 0.3) is 0 Å². The van der Waals surface area contributed by atoms with Gasteiger partial charge in [0.1, 0.15) is 5.82 Å². The van der Waals surface area contributed by atoms with Gasteiger partial charge in [-0.3, -0.25) is 4.72 Å². The number of halogens is 3. The fraction of sp³-hybridized carbons (Fsp3) is 0.333. The third-order valence-electron chi connectivity index (χ3n) is 4.41. The molecule has 2 aliphatic rings. The van der Waals surface area contributed by atoms with Gasteiger partial charge in [-0.05, 0) is 72.7 Å².